The molecule has 1 spiro atoms. The Bertz CT molecular complexity index is 756. The molecule has 2 fully saturated rings. The Morgan fingerprint density at radius 1 is 1.28 bits per heavy atom. The number of ether oxygens (including phenoxy) is 1. The van der Waals surface area contributed by atoms with Gasteiger partial charge in [0.1, 0.15) is 16.7 Å². The second kappa shape index (κ2) is 6.59. The second-order valence-electron chi connectivity index (χ2n) is 7.03. The van der Waals surface area contributed by atoms with E-state index in [0.29, 0.717) is 44.6 Å². The molecule has 1 atom stereocenters. The van der Waals surface area contributed by atoms with Gasteiger partial charge in [-0.15, -0.1) is 0 Å². The number of hydrogen-bond donors (Lipinski definition) is 1. The van der Waals surface area contributed by atoms with Gasteiger partial charge in [0.05, 0.1) is 7.11 Å². The van der Waals surface area contributed by atoms with Crippen LogP contribution in [0.4, 0.5) is 0 Å². The normalized spacial score (nSPS) is 24.5. The Morgan fingerprint density at radius 3 is 2.48 bits per heavy atom. The monoisotopic (exact) mass is 368 g/mol. The molecule has 0 unspecified atom stereocenters. The van der Waals surface area contributed by atoms with E-state index in [0.717, 1.165) is 0 Å². The van der Waals surface area contributed by atoms with E-state index in [2.05, 4.69) is 0 Å². The highest BCUT2D eigenvalue weighted by Crippen LogP contribution is 2.44. The van der Waals surface area contributed by atoms with Crippen molar-refractivity contribution in [2.24, 2.45) is 5.41 Å². The van der Waals surface area contributed by atoms with Gasteiger partial charge in [-0.25, -0.2) is 8.42 Å². The molecule has 0 aliphatic carbocycles. The van der Waals surface area contributed by atoms with Crippen molar-refractivity contribution in [2.75, 3.05) is 33.8 Å². The number of likely N-dealkylation sites (tertiary alicyclic amines) is 1. The molecule has 2 saturated heterocycles. The van der Waals surface area contributed by atoms with E-state index >= 15 is 0 Å². The standard InChI is InChI=1S/C17H24N2O5S/c1-18-12-17(11-13(18)16(20)21)7-9-19(10-8-17)25(22,23)15-6-4-3-5-14(15)24-2/h3-6,13H,7-12H2,1-2H3,(H,20,21)/t13-/m0/s1. The molecular formula is C17H24N2O5S. The van der Waals surface area contributed by atoms with Crippen molar-refractivity contribution in [3.8, 4) is 5.75 Å². The van der Waals surface area contributed by atoms with Gasteiger partial charge in [0, 0.05) is 19.6 Å². The minimum atomic E-state index is -3.62. The third kappa shape index (κ3) is 3.26. The molecule has 0 amide bonds. The van der Waals surface area contributed by atoms with E-state index in [1.54, 1.807) is 24.3 Å². The summed E-state index contributed by atoms with van der Waals surface area (Å²) in [5.74, 6) is -0.460. The molecule has 0 aromatic heterocycles. The number of rotatable bonds is 4. The fourth-order valence-corrected chi connectivity index (χ4v) is 5.68. The number of para-hydroxylation sites is 1. The molecule has 2 heterocycles. The van der Waals surface area contributed by atoms with Crippen LogP contribution in [0.25, 0.3) is 0 Å². The summed E-state index contributed by atoms with van der Waals surface area (Å²) in [6.07, 6.45) is 1.94. The highest BCUT2D eigenvalue weighted by molar-refractivity contribution is 7.89. The number of sulfonamides is 1. The average Bonchev–Trinajstić information content (AvgIpc) is 2.91. The lowest BCUT2D eigenvalue weighted by atomic mass is 9.77. The minimum absolute atomic E-state index is 0.107. The van der Waals surface area contributed by atoms with Crippen LogP contribution >= 0.6 is 0 Å². The number of carboxylic acids is 1. The summed E-state index contributed by atoms with van der Waals surface area (Å²) in [6, 6.07) is 6.15. The quantitative estimate of drug-likeness (QED) is 0.861. The zero-order valence-corrected chi connectivity index (χ0v) is 15.3. The molecule has 0 bridgehead atoms. The summed E-state index contributed by atoms with van der Waals surface area (Å²) in [5.41, 5.74) is -0.107. The van der Waals surface area contributed by atoms with Crippen molar-refractivity contribution < 1.29 is 23.1 Å². The molecular weight excluding hydrogens is 344 g/mol. The third-order valence-corrected chi connectivity index (χ3v) is 7.44. The summed E-state index contributed by atoms with van der Waals surface area (Å²) < 4.78 is 32.6. The van der Waals surface area contributed by atoms with Crippen LogP contribution < -0.4 is 4.74 Å². The van der Waals surface area contributed by atoms with Crippen LogP contribution in [-0.2, 0) is 14.8 Å². The first-order chi connectivity index (χ1) is 11.8. The predicted octanol–water partition coefficient (Wildman–Crippen LogP) is 1.25. The van der Waals surface area contributed by atoms with Crippen molar-refractivity contribution in [3.05, 3.63) is 24.3 Å². The van der Waals surface area contributed by atoms with Crippen LogP contribution in [0.3, 0.4) is 0 Å². The molecule has 1 N–H and O–H groups in total. The van der Waals surface area contributed by atoms with Crippen molar-refractivity contribution in [2.45, 2.75) is 30.2 Å². The van der Waals surface area contributed by atoms with E-state index in [-0.39, 0.29) is 10.3 Å². The van der Waals surface area contributed by atoms with E-state index < -0.39 is 22.0 Å². The number of nitrogens with zero attached hydrogens (tertiary/aromatic N) is 2. The Hall–Kier alpha value is -1.64. The second-order valence-corrected chi connectivity index (χ2v) is 8.93. The summed E-state index contributed by atoms with van der Waals surface area (Å²) >= 11 is 0. The summed E-state index contributed by atoms with van der Waals surface area (Å²) in [5, 5.41) is 9.32. The first-order valence-corrected chi connectivity index (χ1v) is 9.79. The summed E-state index contributed by atoms with van der Waals surface area (Å²) in [6.45, 7) is 1.51. The Balaban J connectivity index is 1.75. The molecule has 0 radical (unpaired) electrons. The average molecular weight is 368 g/mol. The lowest BCUT2D eigenvalue weighted by Crippen LogP contribution is -2.44. The number of likely N-dealkylation sites (N-methyl/N-ethyl adjacent to an activating group) is 1. The molecule has 3 rings (SSSR count). The smallest absolute Gasteiger partial charge is 0.320 e. The van der Waals surface area contributed by atoms with Gasteiger partial charge in [-0.2, -0.15) is 4.31 Å². The molecule has 138 valence electrons. The fourth-order valence-electron chi connectivity index (χ4n) is 4.08. The SMILES string of the molecule is COc1ccccc1S(=O)(=O)N1CCC2(CC1)C[C@@H](C(=O)O)N(C)C2. The van der Waals surface area contributed by atoms with Gasteiger partial charge in [-0.05, 0) is 43.9 Å². The first kappa shape index (κ1) is 18.2. The number of benzene rings is 1. The largest absolute Gasteiger partial charge is 0.495 e. The zero-order chi connectivity index (χ0) is 18.2. The maximum absolute atomic E-state index is 12.9. The van der Waals surface area contributed by atoms with Crippen LogP contribution in [0, 0.1) is 5.41 Å². The number of piperidine rings is 1. The van der Waals surface area contributed by atoms with E-state index in [1.165, 1.54) is 11.4 Å². The topological polar surface area (TPSA) is 87.2 Å². The lowest BCUT2D eigenvalue weighted by molar-refractivity contribution is -0.141. The molecule has 0 saturated carbocycles. The van der Waals surface area contributed by atoms with Gasteiger partial charge in [-0.1, -0.05) is 12.1 Å². The van der Waals surface area contributed by atoms with Crippen LogP contribution in [0.15, 0.2) is 29.2 Å². The van der Waals surface area contributed by atoms with Gasteiger partial charge >= 0.3 is 5.97 Å². The molecule has 8 heteroatoms. The van der Waals surface area contributed by atoms with Gasteiger partial charge in [0.25, 0.3) is 0 Å². The number of methoxy groups -OCH3 is 1. The maximum atomic E-state index is 12.9. The Morgan fingerprint density at radius 2 is 1.92 bits per heavy atom. The van der Waals surface area contributed by atoms with Crippen molar-refractivity contribution in [1.29, 1.82) is 0 Å². The minimum Gasteiger partial charge on any atom is -0.495 e. The van der Waals surface area contributed by atoms with E-state index in [4.69, 9.17) is 4.74 Å². The highest BCUT2D eigenvalue weighted by atomic mass is 32.2. The van der Waals surface area contributed by atoms with Gasteiger partial charge in [0.15, 0.2) is 0 Å². The number of carboxylic acid groups (broad SMARTS) is 1. The predicted molar refractivity (Wildman–Crippen MR) is 92.1 cm³/mol. The molecule has 1 aromatic rings. The first-order valence-electron chi connectivity index (χ1n) is 8.35. The molecule has 1 aromatic carbocycles. The summed E-state index contributed by atoms with van der Waals surface area (Å²) in [7, 11) is -0.333. The Kier molecular flexibility index (Phi) is 4.78. The van der Waals surface area contributed by atoms with Crippen molar-refractivity contribution >= 4 is 16.0 Å². The fraction of sp³-hybridized carbons (Fsp3) is 0.588. The molecule has 7 nitrogen and oxygen atoms in total. The molecule has 2 aliphatic rings. The van der Waals surface area contributed by atoms with Crippen LogP contribution in [-0.4, -0.2) is 68.5 Å². The number of carbonyl (C=O) groups is 1. The third-order valence-electron chi connectivity index (χ3n) is 5.50. The lowest BCUT2D eigenvalue weighted by Gasteiger charge is -2.38. The molecule has 25 heavy (non-hydrogen) atoms. The maximum Gasteiger partial charge on any atom is 0.320 e. The number of hydrogen-bond acceptors (Lipinski definition) is 5. The number of aliphatic carboxylic acids is 1. The molecule has 2 aliphatic heterocycles. The van der Waals surface area contributed by atoms with Gasteiger partial charge < -0.3 is 9.84 Å². The van der Waals surface area contributed by atoms with Crippen molar-refractivity contribution in [3.63, 3.8) is 0 Å². The van der Waals surface area contributed by atoms with Gasteiger partial charge in [-0.3, -0.25) is 9.69 Å². The van der Waals surface area contributed by atoms with Crippen LogP contribution in [0.2, 0.25) is 0 Å². The van der Waals surface area contributed by atoms with E-state index in [9.17, 15) is 18.3 Å². The highest BCUT2D eigenvalue weighted by Gasteiger charge is 2.48. The Labute approximate surface area is 148 Å². The van der Waals surface area contributed by atoms with Crippen LogP contribution in [0.1, 0.15) is 19.3 Å². The van der Waals surface area contributed by atoms with Crippen LogP contribution in [0.5, 0.6) is 5.75 Å². The van der Waals surface area contributed by atoms with E-state index in [1.807, 2.05) is 11.9 Å². The zero-order valence-electron chi connectivity index (χ0n) is 14.5. The van der Waals surface area contributed by atoms with Crippen molar-refractivity contribution in [1.82, 2.24) is 9.21 Å². The van der Waals surface area contributed by atoms with Gasteiger partial charge in [0.2, 0.25) is 10.0 Å². The summed E-state index contributed by atoms with van der Waals surface area (Å²) in [4.78, 5) is 13.4.